The van der Waals surface area contributed by atoms with Crippen LogP contribution in [-0.4, -0.2) is 58.6 Å². The molecule has 4 amide bonds. The number of amides is 4. The van der Waals surface area contributed by atoms with Crippen molar-refractivity contribution in [2.75, 3.05) is 13.1 Å². The molecule has 0 aliphatic carbocycles. The molecule has 3 heterocycles. The third kappa shape index (κ3) is 3.95. The van der Waals surface area contributed by atoms with Crippen LogP contribution < -0.4 is 11.1 Å². The molecule has 2 saturated heterocycles. The number of hydrogen-bond acceptors (Lipinski definition) is 6. The Morgan fingerprint density at radius 3 is 2.59 bits per heavy atom. The van der Waals surface area contributed by atoms with Crippen LogP contribution in [0.1, 0.15) is 64.8 Å². The third-order valence-corrected chi connectivity index (χ3v) is 5.95. The number of piperidine rings is 1. The maximum Gasteiger partial charge on any atom is 0.262 e. The second-order valence-electron chi connectivity index (χ2n) is 8.17. The largest absolute Gasteiger partial charge is 0.327 e. The fraction of sp³-hybridized carbons (Fsp3) is 0.524. The summed E-state index contributed by atoms with van der Waals surface area (Å²) in [7, 11) is 0. The Hall–Kier alpha value is -2.58. The molecule has 3 aliphatic rings. The topological polar surface area (TPSA) is 113 Å². The SMILES string of the molecule is NC1CCCCCN(Cc2ccc3c(c2)C(=O)N(C2CCC(=O)NC2=O)C3=O)C1. The van der Waals surface area contributed by atoms with Crippen molar-refractivity contribution in [3.05, 3.63) is 34.9 Å². The molecule has 2 atom stereocenters. The zero-order valence-electron chi connectivity index (χ0n) is 16.4. The molecule has 2 unspecified atom stereocenters. The average Bonchev–Trinajstić information content (AvgIpc) is 2.90. The number of carbonyl (C=O) groups excluding carboxylic acids is 4. The van der Waals surface area contributed by atoms with Crippen LogP contribution in [0.25, 0.3) is 0 Å². The zero-order valence-corrected chi connectivity index (χ0v) is 16.4. The highest BCUT2D eigenvalue weighted by molar-refractivity contribution is 6.23. The number of carbonyl (C=O) groups is 4. The molecule has 8 nitrogen and oxygen atoms in total. The average molecular weight is 398 g/mol. The second-order valence-corrected chi connectivity index (χ2v) is 8.17. The predicted octanol–water partition coefficient (Wildman–Crippen LogP) is 0.791. The van der Waals surface area contributed by atoms with E-state index < -0.39 is 23.8 Å². The van der Waals surface area contributed by atoms with E-state index in [4.69, 9.17) is 5.73 Å². The standard InChI is InChI=1S/C21H26N4O4/c22-14-4-2-1-3-9-24(12-14)11-13-5-6-15-16(10-13)21(29)25(20(15)28)17-7-8-18(26)23-19(17)27/h5-6,10,14,17H,1-4,7-9,11-12,22H2,(H,23,26,27). The molecule has 8 heteroatoms. The molecule has 2 fully saturated rings. The van der Waals surface area contributed by atoms with E-state index in [0.29, 0.717) is 17.7 Å². The van der Waals surface area contributed by atoms with Gasteiger partial charge in [0.25, 0.3) is 11.8 Å². The van der Waals surface area contributed by atoms with Crippen LogP contribution in [0.15, 0.2) is 18.2 Å². The van der Waals surface area contributed by atoms with Gasteiger partial charge in [-0.05, 0) is 43.5 Å². The van der Waals surface area contributed by atoms with Gasteiger partial charge < -0.3 is 5.73 Å². The normalized spacial score (nSPS) is 26.2. The number of nitrogens with one attached hydrogen (secondary N) is 1. The first-order valence-electron chi connectivity index (χ1n) is 10.3. The molecule has 0 bridgehead atoms. The van der Waals surface area contributed by atoms with Crippen molar-refractivity contribution >= 4 is 23.6 Å². The van der Waals surface area contributed by atoms with Crippen molar-refractivity contribution in [3.63, 3.8) is 0 Å². The van der Waals surface area contributed by atoms with Crippen molar-refractivity contribution in [3.8, 4) is 0 Å². The first-order valence-corrected chi connectivity index (χ1v) is 10.3. The molecular weight excluding hydrogens is 372 g/mol. The zero-order chi connectivity index (χ0) is 20.5. The van der Waals surface area contributed by atoms with Gasteiger partial charge in [0.15, 0.2) is 0 Å². The van der Waals surface area contributed by atoms with Crippen molar-refractivity contribution < 1.29 is 19.2 Å². The van der Waals surface area contributed by atoms with Gasteiger partial charge in [0, 0.05) is 25.6 Å². The number of hydrogen-bond donors (Lipinski definition) is 2. The van der Waals surface area contributed by atoms with E-state index in [1.165, 1.54) is 12.8 Å². The summed E-state index contributed by atoms with van der Waals surface area (Å²) in [5.74, 6) is -1.91. The summed E-state index contributed by atoms with van der Waals surface area (Å²) in [5.41, 5.74) is 7.78. The van der Waals surface area contributed by atoms with Gasteiger partial charge in [-0.25, -0.2) is 0 Å². The minimum absolute atomic E-state index is 0.115. The Balaban J connectivity index is 1.52. The predicted molar refractivity (Wildman–Crippen MR) is 105 cm³/mol. The summed E-state index contributed by atoms with van der Waals surface area (Å²) >= 11 is 0. The highest BCUT2D eigenvalue weighted by atomic mass is 16.2. The molecule has 29 heavy (non-hydrogen) atoms. The van der Waals surface area contributed by atoms with Gasteiger partial charge in [0.1, 0.15) is 6.04 Å². The van der Waals surface area contributed by atoms with Crippen molar-refractivity contribution in [2.24, 2.45) is 5.73 Å². The minimum Gasteiger partial charge on any atom is -0.327 e. The van der Waals surface area contributed by atoms with Crippen LogP contribution in [0.3, 0.4) is 0 Å². The van der Waals surface area contributed by atoms with E-state index in [0.717, 1.165) is 36.4 Å². The maximum absolute atomic E-state index is 12.9. The third-order valence-electron chi connectivity index (χ3n) is 5.95. The molecule has 3 N–H and O–H groups in total. The van der Waals surface area contributed by atoms with E-state index in [1.807, 2.05) is 6.07 Å². The van der Waals surface area contributed by atoms with Gasteiger partial charge in [-0.2, -0.15) is 0 Å². The van der Waals surface area contributed by atoms with Gasteiger partial charge >= 0.3 is 0 Å². The lowest BCUT2D eigenvalue weighted by Crippen LogP contribution is -2.54. The lowest BCUT2D eigenvalue weighted by Gasteiger charge is -2.28. The molecule has 154 valence electrons. The van der Waals surface area contributed by atoms with Crippen molar-refractivity contribution in [1.82, 2.24) is 15.1 Å². The molecule has 0 aromatic heterocycles. The number of nitrogens with two attached hydrogens (primary N) is 1. The minimum atomic E-state index is -0.934. The van der Waals surface area contributed by atoms with Crippen molar-refractivity contribution in [1.29, 1.82) is 0 Å². The van der Waals surface area contributed by atoms with Crippen LogP contribution in [0.2, 0.25) is 0 Å². The van der Waals surface area contributed by atoms with Crippen molar-refractivity contribution in [2.45, 2.75) is 57.2 Å². The van der Waals surface area contributed by atoms with E-state index >= 15 is 0 Å². The Kier molecular flexibility index (Phi) is 5.47. The number of benzene rings is 1. The van der Waals surface area contributed by atoms with Crippen LogP contribution >= 0.6 is 0 Å². The maximum atomic E-state index is 12.9. The molecular formula is C21H26N4O4. The number of fused-ring (bicyclic) bond motifs is 1. The van der Waals surface area contributed by atoms with E-state index in [9.17, 15) is 19.2 Å². The van der Waals surface area contributed by atoms with Gasteiger partial charge in [-0.15, -0.1) is 0 Å². The van der Waals surface area contributed by atoms with Crippen LogP contribution in [0.4, 0.5) is 0 Å². The van der Waals surface area contributed by atoms with Gasteiger partial charge in [0.05, 0.1) is 11.1 Å². The first-order chi connectivity index (χ1) is 13.9. The lowest BCUT2D eigenvalue weighted by molar-refractivity contribution is -0.136. The highest BCUT2D eigenvalue weighted by Crippen LogP contribution is 2.28. The molecule has 4 rings (SSSR count). The van der Waals surface area contributed by atoms with Crippen LogP contribution in [0.5, 0.6) is 0 Å². The first kappa shape index (κ1) is 19.7. The number of nitrogens with zero attached hydrogens (tertiary/aromatic N) is 2. The van der Waals surface area contributed by atoms with Gasteiger partial charge in [-0.1, -0.05) is 18.9 Å². The summed E-state index contributed by atoms with van der Waals surface area (Å²) in [6.07, 6.45) is 4.76. The summed E-state index contributed by atoms with van der Waals surface area (Å²) < 4.78 is 0. The fourth-order valence-corrected chi connectivity index (χ4v) is 4.45. The number of imide groups is 2. The summed E-state index contributed by atoms with van der Waals surface area (Å²) in [6, 6.07) is 4.50. The van der Waals surface area contributed by atoms with E-state index in [-0.39, 0.29) is 24.8 Å². The van der Waals surface area contributed by atoms with E-state index in [1.54, 1.807) is 12.1 Å². The monoisotopic (exact) mass is 398 g/mol. The lowest BCUT2D eigenvalue weighted by atomic mass is 10.0. The second kappa shape index (κ2) is 8.04. The van der Waals surface area contributed by atoms with E-state index in [2.05, 4.69) is 10.2 Å². The van der Waals surface area contributed by atoms with Crippen LogP contribution in [-0.2, 0) is 16.1 Å². The van der Waals surface area contributed by atoms with Gasteiger partial charge in [0.2, 0.25) is 11.8 Å². The molecule has 1 aromatic carbocycles. The summed E-state index contributed by atoms with van der Waals surface area (Å²) in [5, 5.41) is 2.21. The number of rotatable bonds is 3. The Morgan fingerprint density at radius 2 is 1.79 bits per heavy atom. The number of likely N-dealkylation sites (tertiary alicyclic amines) is 1. The van der Waals surface area contributed by atoms with Crippen LogP contribution in [0, 0.1) is 0 Å². The summed E-state index contributed by atoms with van der Waals surface area (Å²) in [6.45, 7) is 2.44. The smallest absolute Gasteiger partial charge is 0.262 e. The molecule has 1 aromatic rings. The Bertz CT molecular complexity index is 868. The molecule has 0 radical (unpaired) electrons. The Morgan fingerprint density at radius 1 is 1.00 bits per heavy atom. The Labute approximate surface area is 169 Å². The molecule has 0 spiro atoms. The quantitative estimate of drug-likeness (QED) is 0.728. The summed E-state index contributed by atoms with van der Waals surface area (Å²) in [4.78, 5) is 52.6. The molecule has 3 aliphatic heterocycles. The van der Waals surface area contributed by atoms with Gasteiger partial charge in [-0.3, -0.25) is 34.3 Å². The highest BCUT2D eigenvalue weighted by Gasteiger charge is 2.44. The molecule has 0 saturated carbocycles. The fourth-order valence-electron chi connectivity index (χ4n) is 4.45.